The highest BCUT2D eigenvalue weighted by molar-refractivity contribution is 7.92. The highest BCUT2D eigenvalue weighted by atomic mass is 32.2. The third-order valence-corrected chi connectivity index (χ3v) is 5.02. The molecule has 1 N–H and O–H groups in total. The SMILES string of the molecule is CCCS(=O)(=O)Nc1ccc(Oc2cc(-n3ccnc3C)ncn2)cc1. The number of imidazole rings is 1. The van der Waals surface area contributed by atoms with E-state index in [1.165, 1.54) is 6.33 Å². The highest BCUT2D eigenvalue weighted by Crippen LogP contribution is 2.23. The Morgan fingerprint density at radius 2 is 1.92 bits per heavy atom. The first-order valence-electron chi connectivity index (χ1n) is 8.07. The van der Waals surface area contributed by atoms with Gasteiger partial charge >= 0.3 is 0 Å². The molecule has 0 spiro atoms. The van der Waals surface area contributed by atoms with Crippen LogP contribution < -0.4 is 9.46 Å². The Morgan fingerprint density at radius 3 is 2.58 bits per heavy atom. The molecule has 0 saturated heterocycles. The van der Waals surface area contributed by atoms with E-state index in [1.54, 1.807) is 42.7 Å². The third-order valence-electron chi connectivity index (χ3n) is 3.52. The molecule has 0 aliphatic heterocycles. The van der Waals surface area contributed by atoms with Crippen LogP contribution in [0.15, 0.2) is 49.1 Å². The number of nitrogens with one attached hydrogen (secondary N) is 1. The van der Waals surface area contributed by atoms with E-state index >= 15 is 0 Å². The van der Waals surface area contributed by atoms with Crippen molar-refractivity contribution in [1.82, 2.24) is 19.5 Å². The second kappa shape index (κ2) is 7.52. The number of aryl methyl sites for hydroxylation is 1. The Labute approximate surface area is 152 Å². The molecule has 3 rings (SSSR count). The molecule has 0 radical (unpaired) electrons. The van der Waals surface area contributed by atoms with Crippen molar-refractivity contribution in [1.29, 1.82) is 0 Å². The summed E-state index contributed by atoms with van der Waals surface area (Å²) in [4.78, 5) is 12.5. The number of benzene rings is 1. The van der Waals surface area contributed by atoms with E-state index in [4.69, 9.17) is 4.74 Å². The Bertz CT molecular complexity index is 984. The minimum Gasteiger partial charge on any atom is -0.439 e. The van der Waals surface area contributed by atoms with Gasteiger partial charge in [-0.15, -0.1) is 0 Å². The number of nitrogens with zero attached hydrogens (tertiary/aromatic N) is 4. The quantitative estimate of drug-likeness (QED) is 0.684. The molecule has 26 heavy (non-hydrogen) atoms. The van der Waals surface area contributed by atoms with Crippen LogP contribution in [0.5, 0.6) is 11.6 Å². The predicted molar refractivity (Wildman–Crippen MR) is 98.1 cm³/mol. The van der Waals surface area contributed by atoms with Gasteiger partial charge in [-0.3, -0.25) is 9.29 Å². The summed E-state index contributed by atoms with van der Waals surface area (Å²) in [6.45, 7) is 3.69. The van der Waals surface area contributed by atoms with Crippen LogP contribution in [0.4, 0.5) is 5.69 Å². The maximum atomic E-state index is 11.8. The Hall–Kier alpha value is -2.94. The molecule has 3 aromatic rings. The second-order valence-corrected chi connectivity index (χ2v) is 7.45. The number of rotatable bonds is 7. The Balaban J connectivity index is 1.73. The van der Waals surface area contributed by atoms with Crippen LogP contribution >= 0.6 is 0 Å². The van der Waals surface area contributed by atoms with Crippen molar-refractivity contribution in [3.8, 4) is 17.4 Å². The molecule has 0 aliphatic rings. The molecule has 2 aromatic heterocycles. The van der Waals surface area contributed by atoms with Crippen LogP contribution in [0, 0.1) is 6.92 Å². The smallest absolute Gasteiger partial charge is 0.232 e. The van der Waals surface area contributed by atoms with Gasteiger partial charge in [0.25, 0.3) is 0 Å². The molecule has 0 atom stereocenters. The van der Waals surface area contributed by atoms with Crippen molar-refractivity contribution in [3.63, 3.8) is 0 Å². The van der Waals surface area contributed by atoms with Gasteiger partial charge < -0.3 is 4.74 Å². The third kappa shape index (κ3) is 4.37. The fraction of sp³-hybridized carbons (Fsp3) is 0.235. The van der Waals surface area contributed by atoms with Gasteiger partial charge in [-0.2, -0.15) is 0 Å². The van der Waals surface area contributed by atoms with Gasteiger partial charge in [0.05, 0.1) is 5.75 Å². The lowest BCUT2D eigenvalue weighted by Crippen LogP contribution is -2.15. The van der Waals surface area contributed by atoms with E-state index in [9.17, 15) is 8.42 Å². The summed E-state index contributed by atoms with van der Waals surface area (Å²) in [5.41, 5.74) is 0.489. The van der Waals surface area contributed by atoms with Crippen LogP contribution in [0.3, 0.4) is 0 Å². The van der Waals surface area contributed by atoms with Crippen LogP contribution in [0.1, 0.15) is 19.2 Å². The Morgan fingerprint density at radius 1 is 1.15 bits per heavy atom. The summed E-state index contributed by atoms with van der Waals surface area (Å²) >= 11 is 0. The van der Waals surface area contributed by atoms with Crippen molar-refractivity contribution in [2.24, 2.45) is 0 Å². The lowest BCUT2D eigenvalue weighted by Gasteiger charge is -2.09. The summed E-state index contributed by atoms with van der Waals surface area (Å²) in [7, 11) is -3.31. The van der Waals surface area contributed by atoms with Crippen molar-refractivity contribution in [2.75, 3.05) is 10.5 Å². The number of aromatic nitrogens is 4. The summed E-state index contributed by atoms with van der Waals surface area (Å²) in [6, 6.07) is 8.34. The monoisotopic (exact) mass is 373 g/mol. The number of hydrogen-bond acceptors (Lipinski definition) is 6. The molecule has 9 heteroatoms. The number of sulfonamides is 1. The number of anilines is 1. The summed E-state index contributed by atoms with van der Waals surface area (Å²) in [5, 5.41) is 0. The fourth-order valence-electron chi connectivity index (χ4n) is 2.35. The van der Waals surface area contributed by atoms with Crippen LogP contribution in [-0.4, -0.2) is 33.7 Å². The van der Waals surface area contributed by atoms with E-state index in [1.807, 2.05) is 18.4 Å². The molecule has 0 bridgehead atoms. The molecule has 0 unspecified atom stereocenters. The summed E-state index contributed by atoms with van der Waals surface area (Å²) < 4.78 is 33.6. The average Bonchev–Trinajstić information content (AvgIpc) is 3.03. The number of ether oxygens (including phenoxy) is 1. The largest absolute Gasteiger partial charge is 0.439 e. The van der Waals surface area contributed by atoms with Gasteiger partial charge in [0.1, 0.15) is 23.7 Å². The summed E-state index contributed by atoms with van der Waals surface area (Å²) in [6.07, 6.45) is 5.47. The normalized spacial score (nSPS) is 11.3. The minimum atomic E-state index is -3.31. The van der Waals surface area contributed by atoms with Crippen molar-refractivity contribution < 1.29 is 13.2 Å². The van der Waals surface area contributed by atoms with Gasteiger partial charge in [0, 0.05) is 24.1 Å². The topological polar surface area (TPSA) is 99.0 Å². The van der Waals surface area contributed by atoms with Gasteiger partial charge in [-0.25, -0.2) is 23.4 Å². The molecule has 1 aromatic carbocycles. The van der Waals surface area contributed by atoms with Crippen molar-refractivity contribution in [3.05, 3.63) is 54.9 Å². The maximum Gasteiger partial charge on any atom is 0.232 e. The molecule has 136 valence electrons. The zero-order valence-electron chi connectivity index (χ0n) is 14.5. The molecular weight excluding hydrogens is 354 g/mol. The van der Waals surface area contributed by atoms with Crippen molar-refractivity contribution >= 4 is 15.7 Å². The van der Waals surface area contributed by atoms with E-state index < -0.39 is 10.0 Å². The second-order valence-electron chi connectivity index (χ2n) is 5.61. The molecule has 0 fully saturated rings. The standard InChI is InChI=1S/C17H19N5O3S/c1-3-10-26(23,24)21-14-4-6-15(7-5-14)25-17-11-16(19-12-20-17)22-9-8-18-13(22)2/h4-9,11-12,21H,3,10H2,1-2H3. The van der Waals surface area contributed by atoms with Crippen LogP contribution in [0.2, 0.25) is 0 Å². The van der Waals surface area contributed by atoms with Crippen LogP contribution in [-0.2, 0) is 10.0 Å². The maximum absolute atomic E-state index is 11.8. The molecule has 8 nitrogen and oxygen atoms in total. The van der Waals surface area contributed by atoms with E-state index in [0.29, 0.717) is 29.6 Å². The van der Waals surface area contributed by atoms with E-state index in [-0.39, 0.29) is 5.75 Å². The van der Waals surface area contributed by atoms with E-state index in [0.717, 1.165) is 5.82 Å². The molecule has 0 amide bonds. The van der Waals surface area contributed by atoms with E-state index in [2.05, 4.69) is 19.7 Å². The lowest BCUT2D eigenvalue weighted by molar-refractivity contribution is 0.461. The molecule has 2 heterocycles. The first-order chi connectivity index (χ1) is 12.5. The molecule has 0 aliphatic carbocycles. The van der Waals surface area contributed by atoms with Gasteiger partial charge in [0.15, 0.2) is 0 Å². The fourth-order valence-corrected chi connectivity index (χ4v) is 3.48. The zero-order chi connectivity index (χ0) is 18.6. The molecular formula is C17H19N5O3S. The van der Waals surface area contributed by atoms with Crippen molar-refractivity contribution in [2.45, 2.75) is 20.3 Å². The van der Waals surface area contributed by atoms with Gasteiger partial charge in [-0.1, -0.05) is 6.92 Å². The highest BCUT2D eigenvalue weighted by Gasteiger charge is 2.09. The Kier molecular flexibility index (Phi) is 5.17. The average molecular weight is 373 g/mol. The predicted octanol–water partition coefficient (Wildman–Crippen LogP) is 2.91. The van der Waals surface area contributed by atoms with Gasteiger partial charge in [-0.05, 0) is 37.6 Å². The first kappa shape index (κ1) is 17.9. The van der Waals surface area contributed by atoms with Gasteiger partial charge in [0.2, 0.25) is 15.9 Å². The molecule has 0 saturated carbocycles. The lowest BCUT2D eigenvalue weighted by atomic mass is 10.3. The summed E-state index contributed by atoms with van der Waals surface area (Å²) in [5.74, 6) is 2.45. The van der Waals surface area contributed by atoms with Crippen LogP contribution in [0.25, 0.3) is 5.82 Å². The zero-order valence-corrected chi connectivity index (χ0v) is 15.3. The first-order valence-corrected chi connectivity index (χ1v) is 9.73. The minimum absolute atomic E-state index is 0.0859. The number of hydrogen-bond donors (Lipinski definition) is 1.